The Bertz CT molecular complexity index is 739. The number of nitrogens with one attached hydrogen (secondary N) is 1. The van der Waals surface area contributed by atoms with Crippen molar-refractivity contribution in [1.82, 2.24) is 9.62 Å². The first kappa shape index (κ1) is 18.2. The molecule has 25 heavy (non-hydrogen) atoms. The lowest BCUT2D eigenvalue weighted by Crippen LogP contribution is -2.44. The van der Waals surface area contributed by atoms with Gasteiger partial charge in [-0.25, -0.2) is 12.7 Å². The van der Waals surface area contributed by atoms with Crippen molar-refractivity contribution in [2.24, 2.45) is 5.92 Å². The number of ether oxygens (including phenoxy) is 1. The van der Waals surface area contributed by atoms with Crippen LogP contribution < -0.4 is 10.1 Å². The molecule has 0 spiro atoms. The van der Waals surface area contributed by atoms with Gasteiger partial charge >= 0.3 is 0 Å². The third-order valence-corrected chi connectivity index (χ3v) is 6.28. The summed E-state index contributed by atoms with van der Waals surface area (Å²) in [6.07, 6.45) is 4.12. The van der Waals surface area contributed by atoms with Crippen molar-refractivity contribution >= 4 is 15.9 Å². The molecular weight excluding hydrogens is 340 g/mol. The SMILES string of the molecule is CC(Cc1ccc2c(c1)CCO2)NC(=O)C1CCN(S(C)(=O)=O)CC1. The average molecular weight is 366 g/mol. The molecule has 1 unspecified atom stereocenters. The normalized spacial score (nSPS) is 19.9. The Morgan fingerprint density at radius 3 is 2.76 bits per heavy atom. The monoisotopic (exact) mass is 366 g/mol. The second-order valence-electron chi connectivity index (χ2n) is 7.09. The molecule has 1 aromatic rings. The highest BCUT2D eigenvalue weighted by atomic mass is 32.2. The number of nitrogens with zero attached hydrogens (tertiary/aromatic N) is 1. The summed E-state index contributed by atoms with van der Waals surface area (Å²) in [6, 6.07) is 6.26. The van der Waals surface area contributed by atoms with Crippen LogP contribution in [0.1, 0.15) is 30.9 Å². The molecule has 2 heterocycles. The van der Waals surface area contributed by atoms with Crippen molar-refractivity contribution in [1.29, 1.82) is 0 Å². The summed E-state index contributed by atoms with van der Waals surface area (Å²) in [5.74, 6) is 0.900. The number of rotatable bonds is 5. The van der Waals surface area contributed by atoms with Crippen LogP contribution in [0.5, 0.6) is 5.75 Å². The second-order valence-corrected chi connectivity index (χ2v) is 9.07. The number of hydrogen-bond donors (Lipinski definition) is 1. The summed E-state index contributed by atoms with van der Waals surface area (Å²) in [7, 11) is -3.15. The van der Waals surface area contributed by atoms with Gasteiger partial charge in [-0.15, -0.1) is 0 Å². The molecule has 0 radical (unpaired) electrons. The molecule has 0 aromatic heterocycles. The number of benzene rings is 1. The Morgan fingerprint density at radius 2 is 2.08 bits per heavy atom. The van der Waals surface area contributed by atoms with Gasteiger partial charge in [-0.05, 0) is 43.4 Å². The molecule has 0 bridgehead atoms. The molecule has 1 fully saturated rings. The van der Waals surface area contributed by atoms with Gasteiger partial charge in [-0.2, -0.15) is 0 Å². The topological polar surface area (TPSA) is 75.7 Å². The van der Waals surface area contributed by atoms with E-state index in [2.05, 4.69) is 17.4 Å². The highest BCUT2D eigenvalue weighted by molar-refractivity contribution is 7.88. The van der Waals surface area contributed by atoms with Crippen molar-refractivity contribution in [3.05, 3.63) is 29.3 Å². The van der Waals surface area contributed by atoms with E-state index in [-0.39, 0.29) is 17.9 Å². The van der Waals surface area contributed by atoms with Crippen LogP contribution in [0.2, 0.25) is 0 Å². The van der Waals surface area contributed by atoms with Crippen LogP contribution in [0.15, 0.2) is 18.2 Å². The number of hydrogen-bond acceptors (Lipinski definition) is 4. The number of sulfonamides is 1. The van der Waals surface area contributed by atoms with Gasteiger partial charge in [0.2, 0.25) is 15.9 Å². The van der Waals surface area contributed by atoms with Gasteiger partial charge in [0.05, 0.1) is 12.9 Å². The van der Waals surface area contributed by atoms with Crippen LogP contribution in [0.3, 0.4) is 0 Å². The van der Waals surface area contributed by atoms with E-state index in [0.717, 1.165) is 25.2 Å². The van der Waals surface area contributed by atoms with E-state index in [1.807, 2.05) is 13.0 Å². The largest absolute Gasteiger partial charge is 0.493 e. The van der Waals surface area contributed by atoms with E-state index < -0.39 is 10.0 Å². The minimum Gasteiger partial charge on any atom is -0.493 e. The maximum absolute atomic E-state index is 12.4. The van der Waals surface area contributed by atoms with Crippen LogP contribution in [-0.4, -0.2) is 50.6 Å². The zero-order chi connectivity index (χ0) is 18.0. The van der Waals surface area contributed by atoms with Crippen molar-refractivity contribution in [3.63, 3.8) is 0 Å². The van der Waals surface area contributed by atoms with E-state index in [1.54, 1.807) is 0 Å². The van der Waals surface area contributed by atoms with E-state index in [1.165, 1.54) is 21.7 Å². The summed E-state index contributed by atoms with van der Waals surface area (Å²) in [5.41, 5.74) is 2.44. The van der Waals surface area contributed by atoms with Crippen molar-refractivity contribution in [2.75, 3.05) is 26.0 Å². The van der Waals surface area contributed by atoms with Crippen LogP contribution >= 0.6 is 0 Å². The summed E-state index contributed by atoms with van der Waals surface area (Å²) in [5, 5.41) is 3.08. The summed E-state index contributed by atoms with van der Waals surface area (Å²) in [4.78, 5) is 12.4. The third kappa shape index (κ3) is 4.52. The van der Waals surface area contributed by atoms with Gasteiger partial charge in [-0.1, -0.05) is 12.1 Å². The molecule has 1 saturated heterocycles. The number of amides is 1. The van der Waals surface area contributed by atoms with E-state index >= 15 is 0 Å². The van der Waals surface area contributed by atoms with Gasteiger partial charge in [0.15, 0.2) is 0 Å². The molecule has 1 atom stereocenters. The molecule has 0 aliphatic carbocycles. The minimum atomic E-state index is -3.15. The molecule has 1 aromatic carbocycles. The van der Waals surface area contributed by atoms with Crippen LogP contribution in [0.4, 0.5) is 0 Å². The lowest BCUT2D eigenvalue weighted by Gasteiger charge is -2.30. The first-order chi connectivity index (χ1) is 11.8. The van der Waals surface area contributed by atoms with E-state index in [4.69, 9.17) is 4.74 Å². The van der Waals surface area contributed by atoms with Crippen LogP contribution in [-0.2, 0) is 27.7 Å². The molecule has 7 heteroatoms. The Hall–Kier alpha value is -1.60. The predicted molar refractivity (Wildman–Crippen MR) is 96.1 cm³/mol. The zero-order valence-electron chi connectivity index (χ0n) is 14.8. The van der Waals surface area contributed by atoms with Gasteiger partial charge in [0.1, 0.15) is 5.75 Å². The number of carbonyl (C=O) groups is 1. The predicted octanol–water partition coefficient (Wildman–Crippen LogP) is 1.34. The maximum atomic E-state index is 12.4. The summed E-state index contributed by atoms with van der Waals surface area (Å²) >= 11 is 0. The lowest BCUT2D eigenvalue weighted by molar-refractivity contribution is -0.126. The fourth-order valence-corrected chi connectivity index (χ4v) is 4.46. The average Bonchev–Trinajstić information content (AvgIpc) is 3.01. The maximum Gasteiger partial charge on any atom is 0.223 e. The lowest BCUT2D eigenvalue weighted by atomic mass is 9.96. The molecule has 6 nitrogen and oxygen atoms in total. The molecule has 2 aliphatic heterocycles. The zero-order valence-corrected chi connectivity index (χ0v) is 15.6. The van der Waals surface area contributed by atoms with Gasteiger partial charge in [0, 0.05) is 31.5 Å². The van der Waals surface area contributed by atoms with Crippen molar-refractivity contribution < 1.29 is 17.9 Å². The summed E-state index contributed by atoms with van der Waals surface area (Å²) in [6.45, 7) is 3.61. The van der Waals surface area contributed by atoms with Gasteiger partial charge < -0.3 is 10.1 Å². The van der Waals surface area contributed by atoms with Gasteiger partial charge in [0.25, 0.3) is 0 Å². The fraction of sp³-hybridized carbons (Fsp3) is 0.611. The first-order valence-corrected chi connectivity index (χ1v) is 10.7. The fourth-order valence-electron chi connectivity index (χ4n) is 3.58. The second kappa shape index (κ2) is 7.33. The molecule has 0 saturated carbocycles. The number of fused-ring (bicyclic) bond motifs is 1. The Balaban J connectivity index is 1.50. The van der Waals surface area contributed by atoms with Gasteiger partial charge in [-0.3, -0.25) is 4.79 Å². The van der Waals surface area contributed by atoms with E-state index in [9.17, 15) is 13.2 Å². The number of piperidine rings is 1. The van der Waals surface area contributed by atoms with Crippen LogP contribution in [0, 0.1) is 5.92 Å². The molecule has 1 amide bonds. The van der Waals surface area contributed by atoms with Crippen molar-refractivity contribution in [3.8, 4) is 5.75 Å². The highest BCUT2D eigenvalue weighted by Gasteiger charge is 2.29. The summed E-state index contributed by atoms with van der Waals surface area (Å²) < 4.78 is 30.1. The third-order valence-electron chi connectivity index (χ3n) is 4.98. The molecule has 138 valence electrons. The smallest absolute Gasteiger partial charge is 0.223 e. The molecule has 3 rings (SSSR count). The number of carbonyl (C=O) groups excluding carboxylic acids is 1. The Labute approximate surface area is 149 Å². The first-order valence-electron chi connectivity index (χ1n) is 8.83. The minimum absolute atomic E-state index is 0.0325. The Morgan fingerprint density at radius 1 is 1.36 bits per heavy atom. The van der Waals surface area contributed by atoms with Crippen LogP contribution in [0.25, 0.3) is 0 Å². The Kier molecular flexibility index (Phi) is 5.34. The highest BCUT2D eigenvalue weighted by Crippen LogP contribution is 2.26. The molecular formula is C18H26N2O4S. The van der Waals surface area contributed by atoms with E-state index in [0.29, 0.717) is 25.9 Å². The standard InChI is InChI=1S/C18H26N2O4S/c1-13(11-14-3-4-17-16(12-14)7-10-24-17)19-18(21)15-5-8-20(9-6-15)25(2,22)23/h3-4,12-13,15H,5-11H2,1-2H3,(H,19,21). The molecule has 2 aliphatic rings. The molecule has 1 N–H and O–H groups in total. The quantitative estimate of drug-likeness (QED) is 0.853. The van der Waals surface area contributed by atoms with Crippen molar-refractivity contribution in [2.45, 2.75) is 38.6 Å².